The molecule has 0 unspecified atom stereocenters. The second-order valence-electron chi connectivity index (χ2n) is 6.66. The molecule has 0 spiro atoms. The lowest BCUT2D eigenvalue weighted by Crippen LogP contribution is -2.21. The van der Waals surface area contributed by atoms with E-state index >= 15 is 0 Å². The number of nitrogens with zero attached hydrogens (tertiary/aromatic N) is 2. The Kier molecular flexibility index (Phi) is 7.47. The summed E-state index contributed by atoms with van der Waals surface area (Å²) < 4.78 is 10.3. The third kappa shape index (κ3) is 6.36. The molecule has 2 aromatic carbocycles. The fraction of sp³-hybridized carbons (Fsp3) is 0.174. The Morgan fingerprint density at radius 3 is 2.16 bits per heavy atom. The van der Waals surface area contributed by atoms with Gasteiger partial charge in [-0.2, -0.15) is 0 Å². The minimum absolute atomic E-state index is 0.0197. The first-order valence-corrected chi connectivity index (χ1v) is 9.84. The summed E-state index contributed by atoms with van der Waals surface area (Å²) in [6.07, 6.45) is 2.72. The van der Waals surface area contributed by atoms with Crippen molar-refractivity contribution in [3.63, 3.8) is 0 Å². The van der Waals surface area contributed by atoms with Crippen molar-refractivity contribution in [2.75, 3.05) is 23.8 Å². The fourth-order valence-electron chi connectivity index (χ4n) is 2.61. The Morgan fingerprint density at radius 1 is 0.875 bits per heavy atom. The number of rotatable bonds is 8. The molecule has 0 saturated heterocycles. The van der Waals surface area contributed by atoms with Crippen LogP contribution in [0.3, 0.4) is 0 Å². The van der Waals surface area contributed by atoms with Gasteiger partial charge in [0.1, 0.15) is 5.75 Å². The number of aromatic nitrogens is 2. The maximum absolute atomic E-state index is 12.4. The van der Waals surface area contributed by atoms with E-state index in [1.807, 2.05) is 6.92 Å². The van der Waals surface area contributed by atoms with E-state index in [0.29, 0.717) is 29.2 Å². The van der Waals surface area contributed by atoms with Crippen LogP contribution in [0.4, 0.5) is 11.4 Å². The van der Waals surface area contributed by atoms with Crippen LogP contribution in [-0.2, 0) is 9.53 Å². The molecule has 0 saturated carbocycles. The summed E-state index contributed by atoms with van der Waals surface area (Å²) in [6.45, 7) is 3.73. The first-order chi connectivity index (χ1) is 15.4. The van der Waals surface area contributed by atoms with Crippen LogP contribution in [0.2, 0.25) is 0 Å². The van der Waals surface area contributed by atoms with Crippen LogP contribution in [0.1, 0.15) is 33.5 Å². The zero-order valence-electron chi connectivity index (χ0n) is 17.6. The molecule has 9 nitrogen and oxygen atoms in total. The van der Waals surface area contributed by atoms with Crippen molar-refractivity contribution in [1.29, 1.82) is 0 Å². The van der Waals surface area contributed by atoms with Gasteiger partial charge in [0.15, 0.2) is 12.3 Å². The highest BCUT2D eigenvalue weighted by Gasteiger charge is 2.12. The van der Waals surface area contributed by atoms with Crippen LogP contribution in [0, 0.1) is 6.92 Å². The Labute approximate surface area is 184 Å². The Balaban J connectivity index is 1.49. The molecular weight excluding hydrogens is 412 g/mol. The summed E-state index contributed by atoms with van der Waals surface area (Å²) in [6, 6.07) is 13.4. The van der Waals surface area contributed by atoms with Gasteiger partial charge in [-0.1, -0.05) is 0 Å². The molecule has 32 heavy (non-hydrogen) atoms. The second-order valence-corrected chi connectivity index (χ2v) is 6.66. The van der Waals surface area contributed by atoms with Gasteiger partial charge in [0.25, 0.3) is 11.8 Å². The number of aryl methyl sites for hydroxylation is 1. The van der Waals surface area contributed by atoms with Gasteiger partial charge in [-0.3, -0.25) is 14.6 Å². The molecule has 0 fully saturated rings. The van der Waals surface area contributed by atoms with Crippen LogP contribution in [0.25, 0.3) is 0 Å². The van der Waals surface area contributed by atoms with Gasteiger partial charge >= 0.3 is 5.97 Å². The predicted octanol–water partition coefficient (Wildman–Crippen LogP) is 3.23. The van der Waals surface area contributed by atoms with Gasteiger partial charge < -0.3 is 20.1 Å². The third-order valence-corrected chi connectivity index (χ3v) is 4.18. The monoisotopic (exact) mass is 434 g/mol. The number of hydrogen-bond donors (Lipinski definition) is 2. The third-order valence-electron chi connectivity index (χ3n) is 4.18. The summed E-state index contributed by atoms with van der Waals surface area (Å²) >= 11 is 0. The summed E-state index contributed by atoms with van der Waals surface area (Å²) in [7, 11) is 0. The number of carbonyl (C=O) groups is 3. The molecule has 9 heteroatoms. The minimum Gasteiger partial charge on any atom is -0.494 e. The molecular formula is C23H22N4O5. The van der Waals surface area contributed by atoms with Crippen molar-refractivity contribution in [2.45, 2.75) is 13.8 Å². The summed E-state index contributed by atoms with van der Waals surface area (Å²) in [4.78, 5) is 44.1. The quantitative estimate of drug-likeness (QED) is 0.522. The van der Waals surface area contributed by atoms with Crippen molar-refractivity contribution in [1.82, 2.24) is 9.97 Å². The highest BCUT2D eigenvalue weighted by atomic mass is 16.5. The number of hydrogen-bond acceptors (Lipinski definition) is 7. The van der Waals surface area contributed by atoms with Crippen molar-refractivity contribution in [3.05, 3.63) is 77.9 Å². The number of anilines is 2. The average Bonchev–Trinajstić information content (AvgIpc) is 2.80. The summed E-state index contributed by atoms with van der Waals surface area (Å²) in [5.74, 6) is -0.831. The SMILES string of the molecule is CCOc1ccc(NC(=O)c2ccc(NC(=O)COC(=O)c3cnc(C)cn3)cc2)cc1. The Hall–Kier alpha value is -4.27. The molecule has 1 aromatic heterocycles. The molecule has 2 N–H and O–H groups in total. The molecule has 2 amide bonds. The first kappa shape index (κ1) is 22.4. The van der Waals surface area contributed by atoms with Crippen LogP contribution in [0.15, 0.2) is 60.9 Å². The number of benzene rings is 2. The van der Waals surface area contributed by atoms with Gasteiger partial charge in [-0.25, -0.2) is 9.78 Å². The number of ether oxygens (including phenoxy) is 2. The van der Waals surface area contributed by atoms with Gasteiger partial charge in [0.2, 0.25) is 0 Å². The van der Waals surface area contributed by atoms with Crippen LogP contribution in [-0.4, -0.2) is 41.0 Å². The Bertz CT molecular complexity index is 1080. The molecule has 0 radical (unpaired) electrons. The van der Waals surface area contributed by atoms with E-state index in [4.69, 9.17) is 9.47 Å². The fourth-order valence-corrected chi connectivity index (χ4v) is 2.61. The minimum atomic E-state index is -0.742. The van der Waals surface area contributed by atoms with E-state index in [1.54, 1.807) is 55.5 Å². The van der Waals surface area contributed by atoms with Gasteiger partial charge in [0, 0.05) is 23.1 Å². The molecule has 0 aliphatic carbocycles. The lowest BCUT2D eigenvalue weighted by Gasteiger charge is -2.09. The lowest BCUT2D eigenvalue weighted by atomic mass is 10.2. The van der Waals surface area contributed by atoms with Crippen molar-refractivity contribution in [2.24, 2.45) is 0 Å². The molecule has 0 aliphatic rings. The molecule has 3 rings (SSSR count). The van der Waals surface area contributed by atoms with Crippen LogP contribution in [0.5, 0.6) is 5.75 Å². The molecule has 0 bridgehead atoms. The van der Waals surface area contributed by atoms with E-state index in [-0.39, 0.29) is 11.6 Å². The van der Waals surface area contributed by atoms with E-state index < -0.39 is 18.5 Å². The Morgan fingerprint density at radius 2 is 1.53 bits per heavy atom. The topological polar surface area (TPSA) is 120 Å². The number of amides is 2. The van der Waals surface area contributed by atoms with E-state index in [1.165, 1.54) is 12.4 Å². The highest BCUT2D eigenvalue weighted by Crippen LogP contribution is 2.17. The number of carbonyl (C=O) groups excluding carboxylic acids is 3. The molecule has 0 atom stereocenters. The zero-order chi connectivity index (χ0) is 22.9. The standard InChI is InChI=1S/C23H22N4O5/c1-3-31-19-10-8-18(9-11-19)27-22(29)16-4-6-17(7-5-16)26-21(28)14-32-23(30)20-13-24-15(2)12-25-20/h4-13H,3,14H2,1-2H3,(H,26,28)(H,27,29). The van der Waals surface area contributed by atoms with Crippen LogP contribution < -0.4 is 15.4 Å². The smallest absolute Gasteiger partial charge is 0.359 e. The van der Waals surface area contributed by atoms with Gasteiger partial charge in [-0.15, -0.1) is 0 Å². The average molecular weight is 434 g/mol. The van der Waals surface area contributed by atoms with Crippen molar-refractivity contribution >= 4 is 29.2 Å². The maximum atomic E-state index is 12.4. The summed E-state index contributed by atoms with van der Waals surface area (Å²) in [5, 5.41) is 5.38. The number of nitrogens with one attached hydrogen (secondary N) is 2. The predicted molar refractivity (Wildman–Crippen MR) is 118 cm³/mol. The summed E-state index contributed by atoms with van der Waals surface area (Å²) in [5.41, 5.74) is 2.19. The normalized spacial score (nSPS) is 10.2. The van der Waals surface area contributed by atoms with Crippen molar-refractivity contribution < 1.29 is 23.9 Å². The van der Waals surface area contributed by atoms with Gasteiger partial charge in [-0.05, 0) is 62.4 Å². The van der Waals surface area contributed by atoms with E-state index in [2.05, 4.69) is 20.6 Å². The van der Waals surface area contributed by atoms with Crippen molar-refractivity contribution in [3.8, 4) is 5.75 Å². The van der Waals surface area contributed by atoms with E-state index in [9.17, 15) is 14.4 Å². The molecule has 0 aliphatic heterocycles. The largest absolute Gasteiger partial charge is 0.494 e. The zero-order valence-corrected chi connectivity index (χ0v) is 17.6. The highest BCUT2D eigenvalue weighted by molar-refractivity contribution is 6.04. The van der Waals surface area contributed by atoms with Gasteiger partial charge in [0.05, 0.1) is 18.5 Å². The molecule has 3 aromatic rings. The number of esters is 1. The first-order valence-electron chi connectivity index (χ1n) is 9.84. The van der Waals surface area contributed by atoms with E-state index in [0.717, 1.165) is 5.75 Å². The molecule has 164 valence electrons. The maximum Gasteiger partial charge on any atom is 0.359 e. The lowest BCUT2D eigenvalue weighted by molar-refractivity contribution is -0.119. The second kappa shape index (κ2) is 10.7. The van der Waals surface area contributed by atoms with Crippen LogP contribution >= 0.6 is 0 Å². The molecule has 1 heterocycles.